The Morgan fingerprint density at radius 3 is 2.26 bits per heavy atom. The summed E-state index contributed by atoms with van der Waals surface area (Å²) in [6.45, 7) is 4.78. The number of nitrogens with one attached hydrogen (secondary N) is 2. The summed E-state index contributed by atoms with van der Waals surface area (Å²) in [7, 11) is 0. The molecule has 0 unspecified atom stereocenters. The van der Waals surface area contributed by atoms with Crippen molar-refractivity contribution in [3.8, 4) is 0 Å². The van der Waals surface area contributed by atoms with Crippen LogP contribution in [-0.2, 0) is 12.6 Å². The second-order valence-electron chi connectivity index (χ2n) is 8.01. The average Bonchev–Trinajstić information content (AvgIpc) is 3.18. The molecule has 4 rings (SSSR count). The van der Waals surface area contributed by atoms with Crippen LogP contribution < -0.4 is 10.6 Å². The molecule has 2 heterocycles. The SMILES string of the molecule is CC(C)CNc1nc(Nc2ccc(C(F)(F)F)cc2)c2nc(Cc3c(Cl)cccc3Cl)sc2n1. The molecule has 0 radical (unpaired) electrons. The Bertz CT molecular complexity index is 1290. The maximum absolute atomic E-state index is 12.9. The van der Waals surface area contributed by atoms with E-state index in [1.807, 2.05) is 0 Å². The fourth-order valence-corrected chi connectivity index (χ4v) is 4.61. The average molecular weight is 526 g/mol. The molecule has 2 aromatic heterocycles. The van der Waals surface area contributed by atoms with Crippen molar-refractivity contribution in [2.75, 3.05) is 17.2 Å². The van der Waals surface area contributed by atoms with Gasteiger partial charge in [0.25, 0.3) is 0 Å². The number of halogens is 5. The largest absolute Gasteiger partial charge is 0.416 e. The Morgan fingerprint density at radius 2 is 1.65 bits per heavy atom. The molecule has 0 spiro atoms. The zero-order chi connectivity index (χ0) is 24.5. The van der Waals surface area contributed by atoms with Gasteiger partial charge in [0, 0.05) is 28.7 Å². The monoisotopic (exact) mass is 525 g/mol. The van der Waals surface area contributed by atoms with Crippen molar-refractivity contribution in [2.24, 2.45) is 5.92 Å². The third-order valence-corrected chi connectivity index (χ3v) is 6.49. The smallest absolute Gasteiger partial charge is 0.354 e. The molecule has 0 fully saturated rings. The number of hydrogen-bond acceptors (Lipinski definition) is 6. The van der Waals surface area contributed by atoms with E-state index in [0.717, 1.165) is 22.7 Å². The summed E-state index contributed by atoms with van der Waals surface area (Å²) >= 11 is 14.0. The molecule has 0 saturated carbocycles. The van der Waals surface area contributed by atoms with Gasteiger partial charge in [-0.05, 0) is 47.9 Å². The standard InChI is InChI=1S/C23H20Cl2F3N5S/c1-12(2)11-29-22-32-20(30-14-8-6-13(7-9-14)23(26,27)28)19-21(33-22)34-18(31-19)10-15-16(24)4-3-5-17(15)25/h3-9,12H,10-11H2,1-2H3,(H2,29,30,32,33). The lowest BCUT2D eigenvalue weighted by molar-refractivity contribution is -0.137. The highest BCUT2D eigenvalue weighted by molar-refractivity contribution is 7.18. The van der Waals surface area contributed by atoms with E-state index in [2.05, 4.69) is 39.4 Å². The van der Waals surface area contributed by atoms with E-state index in [1.54, 1.807) is 18.2 Å². The van der Waals surface area contributed by atoms with Gasteiger partial charge in [0.15, 0.2) is 10.6 Å². The topological polar surface area (TPSA) is 62.7 Å². The maximum Gasteiger partial charge on any atom is 0.416 e. The van der Waals surface area contributed by atoms with Gasteiger partial charge in [-0.1, -0.05) is 54.5 Å². The van der Waals surface area contributed by atoms with Crippen LogP contribution in [0.25, 0.3) is 10.3 Å². The van der Waals surface area contributed by atoms with Crippen LogP contribution in [0.2, 0.25) is 10.0 Å². The molecule has 11 heteroatoms. The Hall–Kier alpha value is -2.62. The molecule has 0 aliphatic carbocycles. The molecule has 2 aromatic carbocycles. The van der Waals surface area contributed by atoms with Gasteiger partial charge >= 0.3 is 6.18 Å². The van der Waals surface area contributed by atoms with E-state index in [0.29, 0.717) is 56.7 Å². The molecule has 34 heavy (non-hydrogen) atoms. The predicted octanol–water partition coefficient (Wildman–Crippen LogP) is 7.81. The minimum absolute atomic E-state index is 0.366. The Kier molecular flexibility index (Phi) is 7.16. The molecule has 4 aromatic rings. The van der Waals surface area contributed by atoms with Crippen LogP contribution in [0.5, 0.6) is 0 Å². The number of fused-ring (bicyclic) bond motifs is 1. The van der Waals surface area contributed by atoms with Crippen LogP contribution in [-0.4, -0.2) is 21.5 Å². The zero-order valence-electron chi connectivity index (χ0n) is 18.2. The highest BCUT2D eigenvalue weighted by Gasteiger charge is 2.30. The van der Waals surface area contributed by atoms with Crippen molar-refractivity contribution in [1.29, 1.82) is 0 Å². The van der Waals surface area contributed by atoms with Crippen LogP contribution in [0.3, 0.4) is 0 Å². The van der Waals surface area contributed by atoms with Gasteiger partial charge < -0.3 is 10.6 Å². The van der Waals surface area contributed by atoms with Crippen molar-refractivity contribution >= 4 is 62.3 Å². The van der Waals surface area contributed by atoms with Crippen molar-refractivity contribution in [1.82, 2.24) is 15.0 Å². The van der Waals surface area contributed by atoms with Crippen molar-refractivity contribution in [3.05, 3.63) is 68.6 Å². The van der Waals surface area contributed by atoms with Crippen LogP contribution in [0, 0.1) is 5.92 Å². The van der Waals surface area contributed by atoms with Gasteiger partial charge in [-0.2, -0.15) is 18.2 Å². The Balaban J connectivity index is 1.71. The number of benzene rings is 2. The molecule has 2 N–H and O–H groups in total. The van der Waals surface area contributed by atoms with Crippen molar-refractivity contribution in [2.45, 2.75) is 26.4 Å². The van der Waals surface area contributed by atoms with E-state index in [9.17, 15) is 13.2 Å². The van der Waals surface area contributed by atoms with Crippen LogP contribution in [0.1, 0.15) is 30.0 Å². The van der Waals surface area contributed by atoms with Crippen LogP contribution >= 0.6 is 34.5 Å². The van der Waals surface area contributed by atoms with E-state index in [1.165, 1.54) is 23.5 Å². The summed E-state index contributed by atoms with van der Waals surface area (Å²) in [4.78, 5) is 14.4. The van der Waals surface area contributed by atoms with E-state index >= 15 is 0 Å². The molecule has 0 amide bonds. The molecule has 0 saturated heterocycles. The summed E-state index contributed by atoms with van der Waals surface area (Å²) in [5, 5.41) is 8.10. The third kappa shape index (κ3) is 5.71. The first-order valence-corrected chi connectivity index (χ1v) is 12.0. The lowest BCUT2D eigenvalue weighted by Gasteiger charge is -2.11. The number of aromatic nitrogens is 3. The number of thiazole rings is 1. The number of hydrogen-bond donors (Lipinski definition) is 2. The Morgan fingerprint density at radius 1 is 0.971 bits per heavy atom. The minimum atomic E-state index is -4.40. The van der Waals surface area contributed by atoms with Crippen molar-refractivity contribution < 1.29 is 13.2 Å². The van der Waals surface area contributed by atoms with E-state index in [-0.39, 0.29) is 0 Å². The molecule has 0 bridgehead atoms. The third-order valence-electron chi connectivity index (χ3n) is 4.84. The van der Waals surface area contributed by atoms with Gasteiger partial charge in [-0.15, -0.1) is 0 Å². The fourth-order valence-electron chi connectivity index (χ4n) is 3.13. The normalized spacial score (nSPS) is 11.9. The van der Waals surface area contributed by atoms with Crippen LogP contribution in [0.4, 0.5) is 30.6 Å². The Labute approximate surface area is 208 Å². The first-order chi connectivity index (χ1) is 16.1. The highest BCUT2D eigenvalue weighted by atomic mass is 35.5. The molecule has 0 atom stereocenters. The highest BCUT2D eigenvalue weighted by Crippen LogP contribution is 2.34. The number of nitrogens with zero attached hydrogens (tertiary/aromatic N) is 3. The molecular formula is C23H20Cl2F3N5S. The van der Waals surface area contributed by atoms with Gasteiger partial charge in [0.05, 0.1) is 5.56 Å². The molecule has 5 nitrogen and oxygen atoms in total. The van der Waals surface area contributed by atoms with Gasteiger partial charge in [0.2, 0.25) is 5.95 Å². The predicted molar refractivity (Wildman–Crippen MR) is 133 cm³/mol. The van der Waals surface area contributed by atoms with E-state index in [4.69, 9.17) is 23.2 Å². The van der Waals surface area contributed by atoms with Crippen molar-refractivity contribution in [3.63, 3.8) is 0 Å². The summed E-state index contributed by atoms with van der Waals surface area (Å²) in [6.07, 6.45) is -3.99. The van der Waals surface area contributed by atoms with Crippen LogP contribution in [0.15, 0.2) is 42.5 Å². The minimum Gasteiger partial charge on any atom is -0.354 e. The second kappa shape index (κ2) is 9.93. The molecular weight excluding hydrogens is 506 g/mol. The molecule has 178 valence electrons. The van der Waals surface area contributed by atoms with E-state index < -0.39 is 11.7 Å². The lowest BCUT2D eigenvalue weighted by Crippen LogP contribution is -2.11. The summed E-state index contributed by atoms with van der Waals surface area (Å²) in [6, 6.07) is 10.1. The number of rotatable bonds is 7. The summed E-state index contributed by atoms with van der Waals surface area (Å²) in [5.41, 5.74) is 0.996. The lowest BCUT2D eigenvalue weighted by atomic mass is 10.1. The quantitative estimate of drug-likeness (QED) is 0.257. The van der Waals surface area contributed by atoms with Gasteiger partial charge in [-0.25, -0.2) is 9.97 Å². The van der Waals surface area contributed by atoms with Gasteiger partial charge in [0.1, 0.15) is 10.5 Å². The summed E-state index contributed by atoms with van der Waals surface area (Å²) in [5.74, 6) is 1.16. The summed E-state index contributed by atoms with van der Waals surface area (Å²) < 4.78 is 38.8. The first kappa shape index (κ1) is 24.5. The molecule has 0 aliphatic rings. The maximum atomic E-state index is 12.9. The fraction of sp³-hybridized carbons (Fsp3) is 0.261. The molecule has 0 aliphatic heterocycles. The van der Waals surface area contributed by atoms with Gasteiger partial charge in [-0.3, -0.25) is 0 Å². The number of alkyl halides is 3. The zero-order valence-corrected chi connectivity index (χ0v) is 20.5. The first-order valence-electron chi connectivity index (χ1n) is 10.4. The number of anilines is 3. The second-order valence-corrected chi connectivity index (χ2v) is 9.89.